The van der Waals surface area contributed by atoms with Gasteiger partial charge in [0, 0.05) is 12.7 Å². The fourth-order valence-corrected chi connectivity index (χ4v) is 3.02. The van der Waals surface area contributed by atoms with Crippen LogP contribution in [0, 0.1) is 0 Å². The zero-order valence-electron chi connectivity index (χ0n) is 14.4. The summed E-state index contributed by atoms with van der Waals surface area (Å²) in [5, 5.41) is 0. The largest absolute Gasteiger partial charge is 0.318 e. The third-order valence-electron chi connectivity index (χ3n) is 2.78. The Morgan fingerprint density at radius 2 is 1.60 bits per heavy atom. The van der Waals surface area contributed by atoms with E-state index in [2.05, 4.69) is 0 Å². The monoisotopic (exact) mass is 301 g/mol. The van der Waals surface area contributed by atoms with Gasteiger partial charge in [-0.25, -0.2) is 4.67 Å². The summed E-state index contributed by atoms with van der Waals surface area (Å²) in [6.07, 6.45) is 0. The van der Waals surface area contributed by atoms with Crippen LogP contribution in [-0.4, -0.2) is 25.0 Å². The molecule has 1 aromatic carbocycles. The normalized spacial score (nSPS) is 14.2. The van der Waals surface area contributed by atoms with Gasteiger partial charge in [-0.3, -0.25) is 4.57 Å². The van der Waals surface area contributed by atoms with E-state index in [-0.39, 0.29) is 6.04 Å². The first-order chi connectivity index (χ1) is 9.49. The van der Waals surface area contributed by atoms with Crippen molar-refractivity contribution in [3.8, 4) is 0 Å². The molecule has 0 bridgehead atoms. The first-order valence-electron chi connectivity index (χ1n) is 7.49. The van der Waals surface area contributed by atoms with Crippen LogP contribution < -0.4 is 0 Å². The standard InChI is InChI=1S/C12H20NO2P.2C2H6/c1-5-15-16(4,14)13(3)11(2)12-9-7-6-8-10-12;2*1-2/h6-11H,5H2,1-4H3;2*1-2H3/t11-,16?;;/m0../s1. The molecule has 118 valence electrons. The number of hydrogen-bond donors (Lipinski definition) is 0. The lowest BCUT2D eigenvalue weighted by Crippen LogP contribution is -2.20. The Labute approximate surface area is 125 Å². The van der Waals surface area contributed by atoms with Crippen LogP contribution in [0.15, 0.2) is 30.3 Å². The van der Waals surface area contributed by atoms with Gasteiger partial charge < -0.3 is 4.52 Å². The molecule has 0 amide bonds. The van der Waals surface area contributed by atoms with Gasteiger partial charge in [-0.2, -0.15) is 0 Å². The van der Waals surface area contributed by atoms with Crippen LogP contribution in [0.1, 0.15) is 53.1 Å². The van der Waals surface area contributed by atoms with Gasteiger partial charge in [0.2, 0.25) is 0 Å². The molecule has 0 radical (unpaired) electrons. The molecular formula is C16H32NO2P. The Morgan fingerprint density at radius 3 is 2.00 bits per heavy atom. The highest BCUT2D eigenvalue weighted by Gasteiger charge is 2.27. The highest BCUT2D eigenvalue weighted by molar-refractivity contribution is 7.55. The van der Waals surface area contributed by atoms with Gasteiger partial charge in [0.15, 0.2) is 0 Å². The summed E-state index contributed by atoms with van der Waals surface area (Å²) >= 11 is 0. The second kappa shape index (κ2) is 12.1. The third kappa shape index (κ3) is 7.23. The molecule has 20 heavy (non-hydrogen) atoms. The highest BCUT2D eigenvalue weighted by atomic mass is 31.2. The van der Waals surface area contributed by atoms with Crippen LogP contribution in [0.3, 0.4) is 0 Å². The van der Waals surface area contributed by atoms with Crippen molar-refractivity contribution in [2.75, 3.05) is 20.3 Å². The molecule has 0 aliphatic carbocycles. The molecule has 0 fully saturated rings. The number of nitrogens with zero attached hydrogens (tertiary/aromatic N) is 1. The van der Waals surface area contributed by atoms with E-state index in [4.69, 9.17) is 4.52 Å². The van der Waals surface area contributed by atoms with E-state index >= 15 is 0 Å². The molecule has 0 aromatic heterocycles. The molecule has 0 aliphatic rings. The Morgan fingerprint density at radius 1 is 1.15 bits per heavy atom. The van der Waals surface area contributed by atoms with Gasteiger partial charge in [0.25, 0.3) is 7.52 Å². The number of benzene rings is 1. The van der Waals surface area contributed by atoms with Crippen molar-refractivity contribution in [1.82, 2.24) is 4.67 Å². The minimum Gasteiger partial charge on any atom is -0.318 e. The van der Waals surface area contributed by atoms with Gasteiger partial charge in [-0.1, -0.05) is 58.0 Å². The first-order valence-corrected chi connectivity index (χ1v) is 9.51. The Balaban J connectivity index is 0. The minimum absolute atomic E-state index is 0.0867. The van der Waals surface area contributed by atoms with Gasteiger partial charge in [0.1, 0.15) is 0 Å². The van der Waals surface area contributed by atoms with E-state index in [1.54, 1.807) is 6.66 Å². The molecule has 0 heterocycles. The average molecular weight is 301 g/mol. The molecule has 4 heteroatoms. The molecule has 0 saturated carbocycles. The molecule has 0 aliphatic heterocycles. The summed E-state index contributed by atoms with van der Waals surface area (Å²) in [5.74, 6) is 0. The molecule has 0 N–H and O–H groups in total. The van der Waals surface area contributed by atoms with Gasteiger partial charge in [-0.05, 0) is 26.5 Å². The van der Waals surface area contributed by atoms with Gasteiger partial charge in [-0.15, -0.1) is 0 Å². The summed E-state index contributed by atoms with van der Waals surface area (Å²) in [6.45, 7) is 14.0. The highest BCUT2D eigenvalue weighted by Crippen LogP contribution is 2.49. The van der Waals surface area contributed by atoms with Crippen LogP contribution in [0.2, 0.25) is 0 Å². The predicted molar refractivity (Wildman–Crippen MR) is 90.5 cm³/mol. The lowest BCUT2D eigenvalue weighted by molar-refractivity contribution is 0.270. The van der Waals surface area contributed by atoms with Crippen LogP contribution in [0.25, 0.3) is 0 Å². The lowest BCUT2D eigenvalue weighted by Gasteiger charge is -2.30. The lowest BCUT2D eigenvalue weighted by atomic mass is 10.1. The maximum Gasteiger partial charge on any atom is 0.269 e. The Hall–Kier alpha value is -0.630. The average Bonchev–Trinajstić information content (AvgIpc) is 2.50. The number of hydrogen-bond acceptors (Lipinski definition) is 2. The molecule has 1 aromatic rings. The van der Waals surface area contributed by atoms with E-state index in [1.807, 2.05) is 83.6 Å². The Kier molecular flexibility index (Phi) is 13.1. The smallest absolute Gasteiger partial charge is 0.269 e. The third-order valence-corrected chi connectivity index (χ3v) is 5.01. The first kappa shape index (κ1) is 21.7. The summed E-state index contributed by atoms with van der Waals surface area (Å²) in [4.78, 5) is 0. The van der Waals surface area contributed by atoms with E-state index in [9.17, 15) is 4.57 Å². The van der Waals surface area contributed by atoms with E-state index in [0.717, 1.165) is 5.56 Å². The predicted octanol–water partition coefficient (Wildman–Crippen LogP) is 5.59. The van der Waals surface area contributed by atoms with Crippen LogP contribution in [0.5, 0.6) is 0 Å². The van der Waals surface area contributed by atoms with Crippen molar-refractivity contribution >= 4 is 7.52 Å². The van der Waals surface area contributed by atoms with Crippen LogP contribution in [-0.2, 0) is 9.09 Å². The van der Waals surface area contributed by atoms with Crippen LogP contribution >= 0.6 is 7.52 Å². The maximum atomic E-state index is 12.2. The van der Waals surface area contributed by atoms with Crippen molar-refractivity contribution in [3.05, 3.63) is 35.9 Å². The molecule has 3 nitrogen and oxygen atoms in total. The van der Waals surface area contributed by atoms with E-state index in [0.29, 0.717) is 6.61 Å². The second-order valence-electron chi connectivity index (χ2n) is 3.88. The molecule has 1 unspecified atom stereocenters. The van der Waals surface area contributed by atoms with E-state index < -0.39 is 7.52 Å². The quantitative estimate of drug-likeness (QED) is 0.664. The summed E-state index contributed by atoms with van der Waals surface area (Å²) in [6, 6.07) is 10.1. The molecular weight excluding hydrogens is 269 g/mol. The van der Waals surface area contributed by atoms with Crippen molar-refractivity contribution < 1.29 is 9.09 Å². The molecule has 2 atom stereocenters. The van der Waals surface area contributed by atoms with Crippen LogP contribution in [0.4, 0.5) is 0 Å². The summed E-state index contributed by atoms with van der Waals surface area (Å²) < 4.78 is 19.4. The molecule has 1 rings (SSSR count). The number of rotatable bonds is 5. The fourth-order valence-electron chi connectivity index (χ4n) is 1.59. The maximum absolute atomic E-state index is 12.2. The SMILES string of the molecule is CC.CC.CCOP(C)(=O)N(C)[C@@H](C)c1ccccc1. The fraction of sp³-hybridized carbons (Fsp3) is 0.625. The second-order valence-corrected chi connectivity index (χ2v) is 6.38. The Bertz CT molecular complexity index is 368. The van der Waals surface area contributed by atoms with Gasteiger partial charge >= 0.3 is 0 Å². The van der Waals surface area contributed by atoms with E-state index in [1.165, 1.54) is 0 Å². The van der Waals surface area contributed by atoms with Gasteiger partial charge in [0.05, 0.1) is 6.61 Å². The van der Waals surface area contributed by atoms with Crippen molar-refractivity contribution in [3.63, 3.8) is 0 Å². The summed E-state index contributed by atoms with van der Waals surface area (Å²) in [5.41, 5.74) is 1.15. The van der Waals surface area contributed by atoms with Crippen molar-refractivity contribution in [1.29, 1.82) is 0 Å². The molecule has 0 spiro atoms. The molecule has 0 saturated heterocycles. The minimum atomic E-state index is -2.67. The zero-order valence-corrected chi connectivity index (χ0v) is 15.3. The summed E-state index contributed by atoms with van der Waals surface area (Å²) in [7, 11) is -0.830. The topological polar surface area (TPSA) is 29.5 Å². The zero-order chi connectivity index (χ0) is 16.2. The van der Waals surface area contributed by atoms with Crippen molar-refractivity contribution in [2.24, 2.45) is 0 Å². The van der Waals surface area contributed by atoms with Crippen molar-refractivity contribution in [2.45, 2.75) is 47.6 Å².